The van der Waals surface area contributed by atoms with Gasteiger partial charge in [0.2, 0.25) is 0 Å². The molecule has 2 aliphatic rings. The standard InChI is InChI=1S/C23H30N4O4/c28-22(21-8-4-14-31-21)26-10-5-9-25(11-12-26)17-20-18-27(13-15-30-20)23(29)24-16-19-6-2-1-3-7-19/h1-4,6-8,14,20H,5,9-13,15-18H2,(H,24,29)/t20-/m1/s1. The molecule has 2 fully saturated rings. The normalized spacial score (nSPS) is 20.3. The lowest BCUT2D eigenvalue weighted by molar-refractivity contribution is -0.0299. The Hall–Kier alpha value is -2.84. The SMILES string of the molecule is O=C(NCc1ccccc1)N1CCO[C@H](CN2CCCN(C(=O)c3ccco3)CC2)C1. The Morgan fingerprint density at radius 1 is 0.968 bits per heavy atom. The van der Waals surface area contributed by atoms with E-state index in [0.717, 1.165) is 38.2 Å². The van der Waals surface area contributed by atoms with Crippen molar-refractivity contribution in [3.05, 3.63) is 60.1 Å². The Kier molecular flexibility index (Phi) is 7.22. The number of urea groups is 1. The van der Waals surface area contributed by atoms with Crippen molar-refractivity contribution in [3.63, 3.8) is 0 Å². The number of nitrogens with zero attached hydrogens (tertiary/aromatic N) is 3. The number of hydrogen-bond acceptors (Lipinski definition) is 5. The van der Waals surface area contributed by atoms with E-state index in [4.69, 9.17) is 9.15 Å². The third-order valence-corrected chi connectivity index (χ3v) is 5.78. The third-order valence-electron chi connectivity index (χ3n) is 5.78. The Balaban J connectivity index is 1.23. The summed E-state index contributed by atoms with van der Waals surface area (Å²) in [6, 6.07) is 13.3. The molecule has 0 saturated carbocycles. The maximum atomic E-state index is 12.6. The molecule has 0 radical (unpaired) electrons. The average molecular weight is 427 g/mol. The van der Waals surface area contributed by atoms with Crippen LogP contribution >= 0.6 is 0 Å². The molecule has 4 rings (SSSR count). The highest BCUT2D eigenvalue weighted by Crippen LogP contribution is 2.13. The van der Waals surface area contributed by atoms with Crippen LogP contribution in [0.3, 0.4) is 0 Å². The van der Waals surface area contributed by atoms with E-state index in [-0.39, 0.29) is 18.0 Å². The first kappa shape index (κ1) is 21.4. The molecule has 8 heteroatoms. The van der Waals surface area contributed by atoms with Crippen molar-refractivity contribution in [1.29, 1.82) is 0 Å². The van der Waals surface area contributed by atoms with Crippen LogP contribution in [0.15, 0.2) is 53.1 Å². The summed E-state index contributed by atoms with van der Waals surface area (Å²) in [6.45, 7) is 6.06. The number of morpholine rings is 1. The number of carbonyl (C=O) groups is 2. The van der Waals surface area contributed by atoms with Gasteiger partial charge in [0.15, 0.2) is 5.76 Å². The van der Waals surface area contributed by atoms with Crippen LogP contribution in [0.25, 0.3) is 0 Å². The van der Waals surface area contributed by atoms with Crippen molar-refractivity contribution in [2.24, 2.45) is 0 Å². The van der Waals surface area contributed by atoms with Gasteiger partial charge in [0.1, 0.15) is 0 Å². The Morgan fingerprint density at radius 3 is 2.65 bits per heavy atom. The quantitative estimate of drug-likeness (QED) is 0.792. The lowest BCUT2D eigenvalue weighted by Gasteiger charge is -2.35. The molecule has 166 valence electrons. The molecule has 31 heavy (non-hydrogen) atoms. The van der Waals surface area contributed by atoms with Gasteiger partial charge in [0.05, 0.1) is 19.0 Å². The summed E-state index contributed by atoms with van der Waals surface area (Å²) in [6.07, 6.45) is 2.41. The van der Waals surface area contributed by atoms with Gasteiger partial charge >= 0.3 is 6.03 Å². The van der Waals surface area contributed by atoms with Gasteiger partial charge in [-0.1, -0.05) is 30.3 Å². The van der Waals surface area contributed by atoms with Crippen molar-refractivity contribution in [3.8, 4) is 0 Å². The lowest BCUT2D eigenvalue weighted by atomic mass is 10.2. The zero-order chi connectivity index (χ0) is 21.5. The minimum absolute atomic E-state index is 0.0245. The number of furan rings is 1. The van der Waals surface area contributed by atoms with Crippen molar-refractivity contribution in [1.82, 2.24) is 20.0 Å². The first-order chi connectivity index (χ1) is 15.2. The molecule has 0 bridgehead atoms. The van der Waals surface area contributed by atoms with Crippen molar-refractivity contribution >= 4 is 11.9 Å². The van der Waals surface area contributed by atoms with E-state index in [1.165, 1.54) is 6.26 Å². The molecule has 0 aliphatic carbocycles. The molecule has 3 heterocycles. The molecule has 2 saturated heterocycles. The highest BCUT2D eigenvalue weighted by Gasteiger charge is 2.28. The molecule has 1 aromatic heterocycles. The second kappa shape index (κ2) is 10.5. The van der Waals surface area contributed by atoms with E-state index in [9.17, 15) is 9.59 Å². The van der Waals surface area contributed by atoms with Gasteiger partial charge in [-0.25, -0.2) is 4.79 Å². The molecule has 8 nitrogen and oxygen atoms in total. The first-order valence-corrected chi connectivity index (χ1v) is 10.9. The predicted molar refractivity (Wildman–Crippen MR) is 116 cm³/mol. The second-order valence-electron chi connectivity index (χ2n) is 8.01. The van der Waals surface area contributed by atoms with Crippen LogP contribution in [0.1, 0.15) is 22.5 Å². The summed E-state index contributed by atoms with van der Waals surface area (Å²) < 4.78 is 11.2. The molecule has 2 aliphatic heterocycles. The van der Waals surface area contributed by atoms with Crippen LogP contribution in [0.2, 0.25) is 0 Å². The highest BCUT2D eigenvalue weighted by molar-refractivity contribution is 5.91. The van der Waals surface area contributed by atoms with Crippen molar-refractivity contribution in [2.75, 3.05) is 52.4 Å². The van der Waals surface area contributed by atoms with E-state index in [0.29, 0.717) is 38.5 Å². The van der Waals surface area contributed by atoms with E-state index >= 15 is 0 Å². The van der Waals surface area contributed by atoms with Crippen LogP contribution in [-0.4, -0.2) is 85.2 Å². The van der Waals surface area contributed by atoms with E-state index in [1.54, 1.807) is 12.1 Å². The number of benzene rings is 1. The fourth-order valence-corrected chi connectivity index (χ4v) is 4.10. The van der Waals surface area contributed by atoms with Gasteiger partial charge in [-0.2, -0.15) is 0 Å². The monoisotopic (exact) mass is 426 g/mol. The number of amides is 3. The van der Waals surface area contributed by atoms with Gasteiger partial charge < -0.3 is 24.3 Å². The number of rotatable bonds is 5. The van der Waals surface area contributed by atoms with Gasteiger partial charge in [0.25, 0.3) is 5.91 Å². The predicted octanol–water partition coefficient (Wildman–Crippen LogP) is 2.04. The Labute approximate surface area is 182 Å². The van der Waals surface area contributed by atoms with Crippen molar-refractivity contribution in [2.45, 2.75) is 19.1 Å². The van der Waals surface area contributed by atoms with E-state index in [1.807, 2.05) is 40.1 Å². The van der Waals surface area contributed by atoms with Gasteiger partial charge in [-0.15, -0.1) is 0 Å². The molecule has 0 spiro atoms. The maximum absolute atomic E-state index is 12.6. The molecule has 2 aromatic rings. The third kappa shape index (κ3) is 5.86. The number of nitrogens with one attached hydrogen (secondary N) is 1. The summed E-state index contributed by atoms with van der Waals surface area (Å²) in [5.41, 5.74) is 1.08. The maximum Gasteiger partial charge on any atom is 0.317 e. The average Bonchev–Trinajstić information content (AvgIpc) is 3.25. The fraction of sp³-hybridized carbons (Fsp3) is 0.478. The first-order valence-electron chi connectivity index (χ1n) is 10.9. The Morgan fingerprint density at radius 2 is 1.84 bits per heavy atom. The molecule has 1 aromatic carbocycles. The van der Waals surface area contributed by atoms with Crippen molar-refractivity contribution < 1.29 is 18.7 Å². The zero-order valence-corrected chi connectivity index (χ0v) is 17.7. The topological polar surface area (TPSA) is 78.3 Å². The molecule has 1 atom stereocenters. The summed E-state index contributed by atoms with van der Waals surface area (Å²) in [5.74, 6) is 0.336. The lowest BCUT2D eigenvalue weighted by Crippen LogP contribution is -2.52. The van der Waals surface area contributed by atoms with E-state index < -0.39 is 0 Å². The molecule has 1 N–H and O–H groups in total. The summed E-state index contributed by atoms with van der Waals surface area (Å²) in [7, 11) is 0. The number of hydrogen-bond donors (Lipinski definition) is 1. The van der Waals surface area contributed by atoms with Crippen LogP contribution < -0.4 is 5.32 Å². The second-order valence-corrected chi connectivity index (χ2v) is 8.01. The van der Waals surface area contributed by atoms with Crippen LogP contribution in [0.5, 0.6) is 0 Å². The molecular weight excluding hydrogens is 396 g/mol. The van der Waals surface area contributed by atoms with Crippen LogP contribution in [0, 0.1) is 0 Å². The van der Waals surface area contributed by atoms with Gasteiger partial charge in [-0.05, 0) is 30.7 Å². The molecule has 0 unspecified atom stereocenters. The zero-order valence-electron chi connectivity index (χ0n) is 17.7. The van der Waals surface area contributed by atoms with Gasteiger partial charge in [0, 0.05) is 45.8 Å². The minimum atomic E-state index is -0.0537. The van der Waals surface area contributed by atoms with E-state index in [2.05, 4.69) is 10.2 Å². The summed E-state index contributed by atoms with van der Waals surface area (Å²) in [5, 5.41) is 3.00. The van der Waals surface area contributed by atoms with Crippen LogP contribution in [0.4, 0.5) is 4.79 Å². The Bertz CT molecular complexity index is 843. The summed E-state index contributed by atoms with van der Waals surface area (Å²) in [4.78, 5) is 31.1. The fourth-order valence-electron chi connectivity index (χ4n) is 4.10. The smallest absolute Gasteiger partial charge is 0.317 e. The molecule has 3 amide bonds. The minimum Gasteiger partial charge on any atom is -0.459 e. The van der Waals surface area contributed by atoms with Gasteiger partial charge in [-0.3, -0.25) is 9.69 Å². The molecular formula is C23H30N4O4. The largest absolute Gasteiger partial charge is 0.459 e. The van der Waals surface area contributed by atoms with Crippen LogP contribution in [-0.2, 0) is 11.3 Å². The number of ether oxygens (including phenoxy) is 1. The highest BCUT2D eigenvalue weighted by atomic mass is 16.5. The number of carbonyl (C=O) groups excluding carboxylic acids is 2. The summed E-state index contributed by atoms with van der Waals surface area (Å²) >= 11 is 0.